The number of halogens is 5. The van der Waals surface area contributed by atoms with Crippen LogP contribution in [0.5, 0.6) is 0 Å². The Morgan fingerprint density at radius 2 is 1.63 bits per heavy atom. The van der Waals surface area contributed by atoms with Gasteiger partial charge in [0.15, 0.2) is 0 Å². The van der Waals surface area contributed by atoms with Crippen LogP contribution >= 0.6 is 23.2 Å². The second-order valence-corrected chi connectivity index (χ2v) is 9.03. The van der Waals surface area contributed by atoms with E-state index in [2.05, 4.69) is 5.32 Å². The van der Waals surface area contributed by atoms with Crippen LogP contribution in [0.4, 0.5) is 18.9 Å². The van der Waals surface area contributed by atoms with Gasteiger partial charge in [-0.3, -0.25) is 4.79 Å². The number of carbonyl (C=O) groups is 1. The average Bonchev–Trinajstić information content (AvgIpc) is 2.68. The van der Waals surface area contributed by atoms with Gasteiger partial charge in [-0.15, -0.1) is 0 Å². The molecule has 0 spiro atoms. The number of alkyl halides is 3. The molecule has 0 saturated carbocycles. The minimum Gasteiger partial charge on any atom is -0.379 e. The molecule has 2 aromatic carbocycles. The predicted octanol–water partition coefficient (Wildman–Crippen LogP) is 4.29. The van der Waals surface area contributed by atoms with Gasteiger partial charge < -0.3 is 10.1 Å². The number of rotatable bonds is 4. The van der Waals surface area contributed by atoms with Gasteiger partial charge in [-0.2, -0.15) is 17.5 Å². The molecule has 1 saturated heterocycles. The third-order valence-electron chi connectivity index (χ3n) is 4.32. The summed E-state index contributed by atoms with van der Waals surface area (Å²) in [6.45, 7) is 0.722. The van der Waals surface area contributed by atoms with Crippen molar-refractivity contribution in [3.8, 4) is 0 Å². The molecule has 1 aliphatic heterocycles. The first kappa shape index (κ1) is 22.8. The van der Waals surface area contributed by atoms with E-state index in [1.165, 1.54) is 4.31 Å². The molecule has 12 heteroatoms. The fourth-order valence-electron chi connectivity index (χ4n) is 2.77. The van der Waals surface area contributed by atoms with Crippen molar-refractivity contribution in [2.24, 2.45) is 0 Å². The molecule has 1 amide bonds. The highest BCUT2D eigenvalue weighted by Crippen LogP contribution is 2.32. The molecule has 162 valence electrons. The number of morpholine rings is 1. The van der Waals surface area contributed by atoms with Crippen LogP contribution < -0.4 is 5.32 Å². The van der Waals surface area contributed by atoms with E-state index in [1.807, 2.05) is 0 Å². The first-order chi connectivity index (χ1) is 14.0. The van der Waals surface area contributed by atoms with Crippen molar-refractivity contribution in [3.05, 3.63) is 57.6 Å². The van der Waals surface area contributed by atoms with Gasteiger partial charge in [0.05, 0.1) is 34.4 Å². The summed E-state index contributed by atoms with van der Waals surface area (Å²) in [6, 6.07) is 5.97. The van der Waals surface area contributed by atoms with Gasteiger partial charge in [-0.1, -0.05) is 23.2 Å². The smallest absolute Gasteiger partial charge is 0.379 e. The number of benzene rings is 2. The minimum absolute atomic E-state index is 0.0802. The van der Waals surface area contributed by atoms with Crippen molar-refractivity contribution in [3.63, 3.8) is 0 Å². The summed E-state index contributed by atoms with van der Waals surface area (Å²) in [7, 11) is -4.00. The maximum atomic E-state index is 12.9. The van der Waals surface area contributed by atoms with E-state index in [1.54, 1.807) is 0 Å². The number of hydrogen-bond acceptors (Lipinski definition) is 4. The Hall–Kier alpha value is -1.85. The summed E-state index contributed by atoms with van der Waals surface area (Å²) in [5.41, 5.74) is -0.978. The third kappa shape index (κ3) is 4.89. The second-order valence-electron chi connectivity index (χ2n) is 6.31. The molecule has 3 rings (SSSR count). The Balaban J connectivity index is 1.88. The zero-order valence-corrected chi connectivity index (χ0v) is 17.5. The van der Waals surface area contributed by atoms with E-state index < -0.39 is 27.7 Å². The summed E-state index contributed by atoms with van der Waals surface area (Å²) in [5.74, 6) is -0.796. The number of anilines is 1. The molecule has 0 bridgehead atoms. The van der Waals surface area contributed by atoms with E-state index in [-0.39, 0.29) is 52.5 Å². The van der Waals surface area contributed by atoms with Crippen LogP contribution in [0.15, 0.2) is 41.3 Å². The third-order valence-corrected chi connectivity index (χ3v) is 7.00. The van der Waals surface area contributed by atoms with Crippen molar-refractivity contribution in [2.75, 3.05) is 31.6 Å². The molecule has 0 unspecified atom stereocenters. The molecule has 0 atom stereocenters. The van der Waals surface area contributed by atoms with E-state index in [4.69, 9.17) is 27.9 Å². The molecule has 0 aromatic heterocycles. The van der Waals surface area contributed by atoms with Crippen LogP contribution in [0, 0.1) is 0 Å². The quantitative estimate of drug-likeness (QED) is 0.705. The Morgan fingerprint density at radius 3 is 2.20 bits per heavy atom. The zero-order valence-electron chi connectivity index (χ0n) is 15.2. The van der Waals surface area contributed by atoms with Gasteiger partial charge in [0.25, 0.3) is 5.91 Å². The normalized spacial score (nSPS) is 15.8. The van der Waals surface area contributed by atoms with Gasteiger partial charge in [-0.05, 0) is 36.4 Å². The van der Waals surface area contributed by atoms with Crippen molar-refractivity contribution < 1.29 is 31.1 Å². The van der Waals surface area contributed by atoms with Crippen LogP contribution in [-0.2, 0) is 20.9 Å². The lowest BCUT2D eigenvalue weighted by atomic mass is 10.1. The molecule has 1 heterocycles. The van der Waals surface area contributed by atoms with Gasteiger partial charge in [-0.25, -0.2) is 8.42 Å². The number of sulfonamides is 1. The molecule has 6 nitrogen and oxygen atoms in total. The summed E-state index contributed by atoms with van der Waals surface area (Å²) in [6.07, 6.45) is -4.51. The number of ether oxygens (including phenoxy) is 1. The topological polar surface area (TPSA) is 75.7 Å². The maximum absolute atomic E-state index is 12.9. The maximum Gasteiger partial charge on any atom is 0.416 e. The number of hydrogen-bond donors (Lipinski definition) is 1. The molecule has 1 N–H and O–H groups in total. The molecule has 1 aliphatic rings. The predicted molar refractivity (Wildman–Crippen MR) is 105 cm³/mol. The minimum atomic E-state index is -4.51. The lowest BCUT2D eigenvalue weighted by Crippen LogP contribution is -2.40. The number of nitrogens with zero attached hydrogens (tertiary/aromatic N) is 1. The Bertz CT molecular complexity index is 1050. The van der Waals surface area contributed by atoms with Crippen LogP contribution in [0.3, 0.4) is 0 Å². The second kappa shape index (κ2) is 8.72. The standard InChI is InChI=1S/C18H15Cl2F3N2O4S/c19-14-10-15(20)16(30(27,28)25-5-7-29-8-6-25)9-13(14)17(26)24-12-3-1-11(2-4-12)18(21,22)23/h1-4,9-10H,5-8H2,(H,24,26). The molecule has 1 fully saturated rings. The summed E-state index contributed by atoms with van der Waals surface area (Å²) < 4.78 is 70.1. The van der Waals surface area contributed by atoms with Gasteiger partial charge in [0.1, 0.15) is 4.90 Å². The van der Waals surface area contributed by atoms with E-state index >= 15 is 0 Å². The molecular formula is C18H15Cl2F3N2O4S. The van der Waals surface area contributed by atoms with Crippen LogP contribution in [-0.4, -0.2) is 44.9 Å². The SMILES string of the molecule is O=C(Nc1ccc(C(F)(F)F)cc1)c1cc(S(=O)(=O)N2CCOCC2)c(Cl)cc1Cl. The van der Waals surface area contributed by atoms with Crippen LogP contribution in [0.1, 0.15) is 15.9 Å². The van der Waals surface area contributed by atoms with E-state index in [9.17, 15) is 26.4 Å². The summed E-state index contributed by atoms with van der Waals surface area (Å²) in [5, 5.41) is 2.13. The molecular weight excluding hydrogens is 468 g/mol. The lowest BCUT2D eigenvalue weighted by molar-refractivity contribution is -0.137. The Kier molecular flexibility index (Phi) is 6.63. The highest BCUT2D eigenvalue weighted by Gasteiger charge is 2.31. The van der Waals surface area contributed by atoms with Gasteiger partial charge in [0.2, 0.25) is 10.0 Å². The first-order valence-corrected chi connectivity index (χ1v) is 10.8. The fraction of sp³-hybridized carbons (Fsp3) is 0.278. The van der Waals surface area contributed by atoms with Gasteiger partial charge >= 0.3 is 6.18 Å². The summed E-state index contributed by atoms with van der Waals surface area (Å²) in [4.78, 5) is 12.3. The highest BCUT2D eigenvalue weighted by atomic mass is 35.5. The number of carbonyl (C=O) groups excluding carboxylic acids is 1. The van der Waals surface area contributed by atoms with E-state index in [0.717, 1.165) is 36.4 Å². The van der Waals surface area contributed by atoms with Crippen molar-refractivity contribution in [2.45, 2.75) is 11.1 Å². The van der Waals surface area contributed by atoms with Crippen LogP contribution in [0.25, 0.3) is 0 Å². The molecule has 0 radical (unpaired) electrons. The average molecular weight is 483 g/mol. The monoisotopic (exact) mass is 482 g/mol. The number of nitrogens with one attached hydrogen (secondary N) is 1. The number of amides is 1. The Morgan fingerprint density at radius 1 is 1.03 bits per heavy atom. The van der Waals surface area contributed by atoms with Crippen LogP contribution in [0.2, 0.25) is 10.0 Å². The first-order valence-electron chi connectivity index (χ1n) is 8.55. The van der Waals surface area contributed by atoms with Gasteiger partial charge in [0, 0.05) is 18.8 Å². The lowest BCUT2D eigenvalue weighted by Gasteiger charge is -2.26. The summed E-state index contributed by atoms with van der Waals surface area (Å²) >= 11 is 12.1. The molecule has 0 aliphatic carbocycles. The fourth-order valence-corrected chi connectivity index (χ4v) is 5.01. The highest BCUT2D eigenvalue weighted by molar-refractivity contribution is 7.89. The zero-order chi connectivity index (χ0) is 22.1. The van der Waals surface area contributed by atoms with E-state index in [0.29, 0.717) is 0 Å². The van der Waals surface area contributed by atoms with Crippen molar-refractivity contribution in [1.29, 1.82) is 0 Å². The molecule has 2 aromatic rings. The molecule has 30 heavy (non-hydrogen) atoms. The van der Waals surface area contributed by atoms with Crippen molar-refractivity contribution in [1.82, 2.24) is 4.31 Å². The Labute approximate surface area is 180 Å². The largest absolute Gasteiger partial charge is 0.416 e. The van der Waals surface area contributed by atoms with Crippen molar-refractivity contribution >= 4 is 44.8 Å².